The van der Waals surface area contributed by atoms with Crippen molar-refractivity contribution in [1.82, 2.24) is 95.4 Å². The summed E-state index contributed by atoms with van der Waals surface area (Å²) in [4.78, 5) is 93.3. The van der Waals surface area contributed by atoms with E-state index in [1.165, 1.54) is 61.8 Å². The summed E-state index contributed by atoms with van der Waals surface area (Å²) in [6.45, 7) is 9.82. The van der Waals surface area contributed by atoms with Gasteiger partial charge in [-0.25, -0.2) is 36.8 Å². The van der Waals surface area contributed by atoms with Crippen LogP contribution in [0.2, 0.25) is 0 Å². The second kappa shape index (κ2) is 43.8. The quantitative estimate of drug-likeness (QED) is 0.0203. The number of carbonyl (C=O) groups excluding carboxylic acids is 4. The molecule has 4 unspecified atom stereocenters. The summed E-state index contributed by atoms with van der Waals surface area (Å²) < 4.78 is 69.3. The van der Waals surface area contributed by atoms with Crippen molar-refractivity contribution in [3.05, 3.63) is 290 Å². The van der Waals surface area contributed by atoms with E-state index >= 15 is 0 Å². The SMILES string of the molecule is C=S(C)(=O)Nc1ccc(NC(=O)c2n[nH]c3ccc(-c4cncc(CN5CCC(O)CC5)c4)cc23)cn1.C=S(C)(=O)Nc1ccc(NC(=O)c2n[nH]c3ccc(-c4cncc(CN5CCC5)c4)cc23)cn1.C=S(C)(=O)Nc1ccc(NC(=O)c2n[nH]c3ccc(-c4cncc(CN5CCOCC5)c4)cc23)cn1.C=S(C)(=O)Nc1ccc(NC(=O)c2n[nH]c3ccc(-c4cncc(Oc5ccccc5)c4)cc23)cn1. The second-order valence-corrected chi connectivity index (χ2v) is 43.8. The van der Waals surface area contributed by atoms with Gasteiger partial charge in [-0.05, 0) is 228 Å². The van der Waals surface area contributed by atoms with Crippen LogP contribution < -0.4 is 44.9 Å². The van der Waals surface area contributed by atoms with E-state index in [1.807, 2.05) is 146 Å². The Kier molecular flexibility index (Phi) is 30.2. The molecule has 3 saturated heterocycles. The molecule has 38 nitrogen and oxygen atoms in total. The number of hydrogen-bond donors (Lipinski definition) is 13. The Bertz CT molecular complexity index is 8000. The monoisotopic (exact) mass is 2000 g/mol. The van der Waals surface area contributed by atoms with Gasteiger partial charge in [0.1, 0.15) is 34.8 Å². The molecule has 4 amide bonds. The van der Waals surface area contributed by atoms with Crippen molar-refractivity contribution in [2.24, 2.45) is 0 Å². The van der Waals surface area contributed by atoms with Crippen LogP contribution in [0.15, 0.2) is 250 Å². The molecule has 0 bridgehead atoms. The average molecular weight is 2000 g/mol. The number of fused-ring (bicyclic) bond motifs is 4. The highest BCUT2D eigenvalue weighted by molar-refractivity contribution is 8.01. The number of morpholine rings is 1. The zero-order chi connectivity index (χ0) is 99.9. The number of benzene rings is 5. The molecule has 17 aromatic rings. The Balaban J connectivity index is 0.000000131. The first kappa shape index (κ1) is 98.5. The predicted octanol–water partition coefficient (Wildman–Crippen LogP) is 13.6. The van der Waals surface area contributed by atoms with Gasteiger partial charge >= 0.3 is 0 Å². The lowest BCUT2D eigenvalue weighted by molar-refractivity contribution is 0.0341. The molecule has 13 N–H and O–H groups in total. The molecule has 3 fully saturated rings. The van der Waals surface area contributed by atoms with Crippen LogP contribution in [-0.4, -0.2) is 248 Å². The Morgan fingerprint density at radius 3 is 0.951 bits per heavy atom. The number of aliphatic hydroxyl groups excluding tert-OH is 1. The highest BCUT2D eigenvalue weighted by atomic mass is 32.2. The van der Waals surface area contributed by atoms with E-state index in [4.69, 9.17) is 9.47 Å². The summed E-state index contributed by atoms with van der Waals surface area (Å²) in [5, 5.41) is 52.3. The zero-order valence-electron chi connectivity index (χ0n) is 78.3. The Hall–Kier alpha value is -16.1. The van der Waals surface area contributed by atoms with Crippen LogP contribution in [-0.2, 0) is 63.2 Å². The topological polar surface area (TPSA) is 499 Å². The fraction of sp³-hybridized carbons (Fsp3) is 0.188. The van der Waals surface area contributed by atoms with Crippen molar-refractivity contribution in [3.8, 4) is 56.0 Å². The van der Waals surface area contributed by atoms with Crippen molar-refractivity contribution in [3.63, 3.8) is 0 Å². The van der Waals surface area contributed by atoms with Gasteiger partial charge in [0.25, 0.3) is 23.6 Å². The summed E-state index contributed by atoms with van der Waals surface area (Å²) in [5.74, 6) is 15.6. The molecule has 3 aliphatic rings. The number of ether oxygens (including phenoxy) is 2. The van der Waals surface area contributed by atoms with Gasteiger partial charge in [0.15, 0.2) is 22.8 Å². The first-order valence-electron chi connectivity index (χ1n) is 45.1. The largest absolute Gasteiger partial charge is 0.456 e. The van der Waals surface area contributed by atoms with Gasteiger partial charge in [-0.15, -0.1) is 0 Å². The van der Waals surface area contributed by atoms with Gasteiger partial charge in [0, 0.05) is 197 Å². The standard InChI is InChI=1S/C26H29N7O3S.C26H22N6O3S.C25H27N7O3S.C24H25N7O2S/c1-37(2,36)32-24-6-4-20(15-28-24)29-26(35)25-22-12-18(3-5-23(22)30-31-25)19-11-17(13-27-14-19)16-33-9-7-21(34)8-10-33;1-36(2,34)32-24-11-9-19(15-28-24)29-26(33)25-22-13-17(8-10-23(22)30-31-25)18-12-21(16-27-14-18)35-20-6-4-3-5-7-20;1-36(2,34)31-23-6-4-20(15-27-23)28-25(33)24-21-12-18(3-5-22(21)29-30-24)19-11-17(13-26-14-19)16-32-7-9-35-10-8-32;1-34(2,33)30-22-7-5-19(14-26-22)27-24(32)23-20-11-17(4-6-21(20)28-29-23)18-10-16(12-25-13-18)15-31-8-3-9-31/h3-6,11-15,21,34H,1,7-10,16H2,2H3,(H,29,35)(H,30,31)(H,28,32,36);3-16H,1H2,2H3,(H,29,33)(H,30,31)(H,28,32,34);3-6,11-15H,1,7-10,16H2,2H3,(H,28,33)(H,29,30)(H,27,31,34);4-7,10-14H,1,3,8-9,15H2,2H3,(H,27,32)(H,28,29)(H,26,30,33). The summed E-state index contributed by atoms with van der Waals surface area (Å²) in [7, 11) is -9.75. The van der Waals surface area contributed by atoms with E-state index in [1.54, 1.807) is 60.9 Å². The van der Waals surface area contributed by atoms with E-state index in [9.17, 15) is 41.1 Å². The summed E-state index contributed by atoms with van der Waals surface area (Å²) in [6, 6.07) is 54.1. The van der Waals surface area contributed by atoms with E-state index in [0.717, 1.165) is 168 Å². The fourth-order valence-electron chi connectivity index (χ4n) is 15.8. The smallest absolute Gasteiger partial charge is 0.276 e. The van der Waals surface area contributed by atoms with Gasteiger partial charge in [0.05, 0.1) is 95.1 Å². The molecular formula is C101H103N27O11S4. The van der Waals surface area contributed by atoms with E-state index in [2.05, 4.69) is 177 Å². The van der Waals surface area contributed by atoms with Gasteiger partial charge in [-0.2, -0.15) is 20.4 Å². The summed E-state index contributed by atoms with van der Waals surface area (Å²) in [5.41, 5.74) is 16.9. The number of rotatable bonds is 28. The predicted molar refractivity (Wildman–Crippen MR) is 568 cm³/mol. The molecule has 4 atom stereocenters. The second-order valence-electron chi connectivity index (χ2n) is 34.9. The highest BCUT2D eigenvalue weighted by Gasteiger charge is 2.25. The molecule has 0 spiro atoms. The lowest BCUT2D eigenvalue weighted by atomic mass is 10.0. The number of piperidine rings is 1. The number of hydrogen-bond acceptors (Lipinski definition) is 26. The number of nitrogens with zero attached hydrogens (tertiary/aromatic N) is 15. The molecule has 143 heavy (non-hydrogen) atoms. The molecule has 0 radical (unpaired) electrons. The van der Waals surface area contributed by atoms with Gasteiger partial charge < -0.3 is 35.8 Å². The highest BCUT2D eigenvalue weighted by Crippen LogP contribution is 2.35. The number of para-hydroxylation sites is 1. The molecule has 15 heterocycles. The number of carbonyl (C=O) groups is 4. The Morgan fingerprint density at radius 1 is 0.357 bits per heavy atom. The number of nitrogens with one attached hydrogen (secondary N) is 12. The van der Waals surface area contributed by atoms with Crippen molar-refractivity contribution in [2.75, 3.05) is 118 Å². The van der Waals surface area contributed by atoms with Crippen molar-refractivity contribution in [2.45, 2.75) is 45.0 Å². The molecule has 0 aliphatic carbocycles. The van der Waals surface area contributed by atoms with Crippen LogP contribution in [0.5, 0.6) is 11.5 Å². The molecule has 3 aliphatic heterocycles. The Morgan fingerprint density at radius 2 is 0.657 bits per heavy atom. The van der Waals surface area contributed by atoms with Crippen molar-refractivity contribution >= 4 is 176 Å². The molecule has 12 aromatic heterocycles. The van der Waals surface area contributed by atoms with Gasteiger partial charge in [0.2, 0.25) is 0 Å². The number of H-pyrrole nitrogens is 4. The minimum Gasteiger partial charge on any atom is -0.456 e. The number of aromatic nitrogens is 16. The molecule has 0 saturated carbocycles. The maximum Gasteiger partial charge on any atom is 0.276 e. The van der Waals surface area contributed by atoms with E-state index < -0.39 is 44.7 Å². The first-order valence-corrected chi connectivity index (χ1v) is 53.7. The third kappa shape index (κ3) is 26.9. The number of anilines is 8. The number of likely N-dealkylation sites (tertiary alicyclic amines) is 2. The van der Waals surface area contributed by atoms with Gasteiger partial charge in [-0.1, -0.05) is 42.5 Å². The molecule has 20 rings (SSSR count). The molecule has 5 aromatic carbocycles. The fourth-order valence-corrected chi connectivity index (χ4v) is 18.1. The number of pyridine rings is 8. The lowest BCUT2D eigenvalue weighted by Gasteiger charge is -2.30. The number of amides is 4. The van der Waals surface area contributed by atoms with Crippen molar-refractivity contribution in [1.29, 1.82) is 0 Å². The number of aliphatic hydroxyl groups is 1. The van der Waals surface area contributed by atoms with E-state index in [0.29, 0.717) is 73.7 Å². The minimum absolute atomic E-state index is 0.198. The van der Waals surface area contributed by atoms with Crippen LogP contribution in [0.1, 0.15) is 77.9 Å². The van der Waals surface area contributed by atoms with Crippen LogP contribution in [0.3, 0.4) is 0 Å². The maximum atomic E-state index is 13.0. The number of aromatic amines is 4. The van der Waals surface area contributed by atoms with Gasteiger partial charge in [-0.3, -0.25) is 93.1 Å². The third-order valence-corrected chi connectivity index (χ3v) is 25.3. The van der Waals surface area contributed by atoms with Crippen molar-refractivity contribution < 1.29 is 50.6 Å². The van der Waals surface area contributed by atoms with E-state index in [-0.39, 0.29) is 46.6 Å². The minimum atomic E-state index is -2.44. The average Bonchev–Trinajstić information content (AvgIpc) is 1.67. The van der Waals surface area contributed by atoms with Crippen LogP contribution in [0.4, 0.5) is 46.0 Å². The molecule has 42 heteroatoms. The van der Waals surface area contributed by atoms with Crippen LogP contribution >= 0.6 is 0 Å². The Labute approximate surface area is 824 Å². The summed E-state index contributed by atoms with van der Waals surface area (Å²) >= 11 is 0. The zero-order valence-corrected chi connectivity index (χ0v) is 81.6. The molecular weight excluding hydrogens is 1900 g/mol. The maximum absolute atomic E-state index is 13.0. The first-order chi connectivity index (χ1) is 68.7. The molecule has 732 valence electrons. The lowest BCUT2D eigenvalue weighted by Crippen LogP contribution is -2.36. The normalized spacial score (nSPS) is 15.1. The van der Waals surface area contributed by atoms with Crippen LogP contribution in [0, 0.1) is 0 Å². The summed E-state index contributed by atoms with van der Waals surface area (Å²) in [6.07, 6.45) is 29.0. The third-order valence-electron chi connectivity index (χ3n) is 22.7. The van der Waals surface area contributed by atoms with Crippen LogP contribution in [0.25, 0.3) is 88.1 Å².